The Labute approximate surface area is 169 Å². The Hall–Kier alpha value is -1.73. The van der Waals surface area contributed by atoms with Crippen LogP contribution in [0.2, 0.25) is 0 Å². The van der Waals surface area contributed by atoms with E-state index >= 15 is 0 Å². The minimum absolute atomic E-state index is 0.152. The van der Waals surface area contributed by atoms with Gasteiger partial charge in [-0.1, -0.05) is 0 Å². The van der Waals surface area contributed by atoms with E-state index in [1.54, 1.807) is 0 Å². The van der Waals surface area contributed by atoms with Crippen LogP contribution in [0.4, 0.5) is 0 Å². The average Bonchev–Trinajstić information content (AvgIpc) is 2.72. The van der Waals surface area contributed by atoms with Gasteiger partial charge in [-0.15, -0.1) is 0 Å². The summed E-state index contributed by atoms with van der Waals surface area (Å²) in [4.78, 5) is 11.7. The summed E-state index contributed by atoms with van der Waals surface area (Å²) >= 11 is -0.152. The van der Waals surface area contributed by atoms with Crippen molar-refractivity contribution in [2.45, 2.75) is 42.6 Å². The number of fused-ring (bicyclic) bond motifs is 1. The van der Waals surface area contributed by atoms with E-state index in [1.807, 2.05) is 60.7 Å². The van der Waals surface area contributed by atoms with Gasteiger partial charge in [0.05, 0.1) is 0 Å². The summed E-state index contributed by atoms with van der Waals surface area (Å²) in [5, 5.41) is 10.5. The Bertz CT molecular complexity index is 786. The van der Waals surface area contributed by atoms with Crippen LogP contribution in [-0.2, 0) is 23.7 Å². The van der Waals surface area contributed by atoms with E-state index in [9.17, 15) is 9.90 Å². The predicted octanol–water partition coefficient (Wildman–Crippen LogP) is 1.15. The fourth-order valence-corrected chi connectivity index (χ4v) is 5.65. The number of carbonyl (C=O) groups excluding carboxylic acids is 1. The number of aliphatic hydroxyl groups excluding tert-OH is 1. The van der Waals surface area contributed by atoms with Crippen molar-refractivity contribution < 1.29 is 28.8 Å². The standard InChI is InChI=1S/C21H22O6Se/c1-13(22)25-19-17(23)21(28-15-10-6-3-7-11-15)26-16-12-24-20(27-18(16)19)14-8-4-2-5-9-14/h2-11,16-21,23H,12H2,1H3/t16-,17-,18-,19-,20-,21+/m1/s1. The molecule has 2 fully saturated rings. The quantitative estimate of drug-likeness (QED) is 0.558. The number of esters is 1. The molecule has 6 atom stereocenters. The molecule has 7 heteroatoms. The number of carbonyl (C=O) groups is 1. The van der Waals surface area contributed by atoms with Gasteiger partial charge in [0, 0.05) is 0 Å². The number of rotatable bonds is 4. The minimum atomic E-state index is -0.972. The van der Waals surface area contributed by atoms with Crippen molar-refractivity contribution in [2.75, 3.05) is 6.61 Å². The molecular weight excluding hydrogens is 427 g/mol. The van der Waals surface area contributed by atoms with Crippen LogP contribution in [0.3, 0.4) is 0 Å². The van der Waals surface area contributed by atoms with Crippen LogP contribution >= 0.6 is 0 Å². The monoisotopic (exact) mass is 450 g/mol. The van der Waals surface area contributed by atoms with Gasteiger partial charge >= 0.3 is 170 Å². The van der Waals surface area contributed by atoms with Crippen molar-refractivity contribution in [1.82, 2.24) is 0 Å². The second kappa shape index (κ2) is 8.74. The maximum atomic E-state index is 11.7. The molecule has 0 radical (unpaired) electrons. The summed E-state index contributed by atoms with van der Waals surface area (Å²) in [5.74, 6) is -0.456. The van der Waals surface area contributed by atoms with Gasteiger partial charge in [0.15, 0.2) is 0 Å². The summed E-state index contributed by atoms with van der Waals surface area (Å²) in [6.07, 6.45) is -3.38. The molecule has 28 heavy (non-hydrogen) atoms. The van der Waals surface area contributed by atoms with Crippen molar-refractivity contribution in [3.8, 4) is 0 Å². The van der Waals surface area contributed by atoms with Gasteiger partial charge < -0.3 is 0 Å². The first-order valence-corrected chi connectivity index (χ1v) is 11.0. The first kappa shape index (κ1) is 19.6. The number of benzene rings is 2. The molecule has 0 bridgehead atoms. The molecule has 0 unspecified atom stereocenters. The summed E-state index contributed by atoms with van der Waals surface area (Å²) in [5.41, 5.74) is 0.868. The Morgan fingerprint density at radius 3 is 2.43 bits per heavy atom. The van der Waals surface area contributed by atoms with E-state index < -0.39 is 41.7 Å². The molecule has 0 amide bonds. The van der Waals surface area contributed by atoms with Crippen LogP contribution in [0.25, 0.3) is 0 Å². The summed E-state index contributed by atoms with van der Waals surface area (Å²) in [6.45, 7) is 1.64. The number of hydrogen-bond acceptors (Lipinski definition) is 6. The van der Waals surface area contributed by atoms with Crippen molar-refractivity contribution in [1.29, 1.82) is 0 Å². The first-order valence-electron chi connectivity index (χ1n) is 9.16. The summed E-state index contributed by atoms with van der Waals surface area (Å²) in [7, 11) is 0. The van der Waals surface area contributed by atoms with Crippen LogP contribution < -0.4 is 4.46 Å². The average molecular weight is 449 g/mol. The Kier molecular flexibility index (Phi) is 6.11. The van der Waals surface area contributed by atoms with Gasteiger partial charge in [-0.05, 0) is 0 Å². The van der Waals surface area contributed by atoms with Gasteiger partial charge in [-0.2, -0.15) is 0 Å². The first-order chi connectivity index (χ1) is 13.6. The molecule has 2 saturated heterocycles. The Balaban J connectivity index is 1.54. The molecular formula is C21H22O6Se. The molecule has 0 aromatic heterocycles. The normalized spacial score (nSPS) is 32.4. The van der Waals surface area contributed by atoms with Gasteiger partial charge in [0.2, 0.25) is 0 Å². The van der Waals surface area contributed by atoms with Crippen LogP contribution in [-0.4, -0.2) is 62.1 Å². The van der Waals surface area contributed by atoms with Crippen LogP contribution in [0, 0.1) is 0 Å². The summed E-state index contributed by atoms with van der Waals surface area (Å²) in [6, 6.07) is 19.4. The molecule has 4 rings (SSSR count). The molecule has 2 aliphatic rings. The van der Waals surface area contributed by atoms with Crippen molar-refractivity contribution >= 4 is 25.4 Å². The predicted molar refractivity (Wildman–Crippen MR) is 102 cm³/mol. The molecule has 148 valence electrons. The molecule has 2 aromatic carbocycles. The van der Waals surface area contributed by atoms with E-state index in [-0.39, 0.29) is 15.0 Å². The van der Waals surface area contributed by atoms with Crippen LogP contribution in [0.15, 0.2) is 60.7 Å². The third kappa shape index (κ3) is 4.30. The zero-order valence-corrected chi connectivity index (χ0v) is 17.1. The fraction of sp³-hybridized carbons (Fsp3) is 0.381. The summed E-state index contributed by atoms with van der Waals surface area (Å²) < 4.78 is 24.7. The van der Waals surface area contributed by atoms with Crippen molar-refractivity contribution in [2.24, 2.45) is 0 Å². The Morgan fingerprint density at radius 2 is 1.75 bits per heavy atom. The number of hydrogen-bond donors (Lipinski definition) is 1. The zero-order valence-electron chi connectivity index (χ0n) is 15.3. The maximum absolute atomic E-state index is 11.7. The van der Waals surface area contributed by atoms with E-state index in [0.717, 1.165) is 10.0 Å². The van der Waals surface area contributed by atoms with Gasteiger partial charge in [0.1, 0.15) is 0 Å². The number of aliphatic hydroxyl groups is 1. The molecule has 2 aliphatic heterocycles. The molecule has 0 spiro atoms. The topological polar surface area (TPSA) is 74.2 Å². The molecule has 6 nitrogen and oxygen atoms in total. The van der Waals surface area contributed by atoms with E-state index in [1.165, 1.54) is 6.92 Å². The molecule has 0 saturated carbocycles. The molecule has 0 aliphatic carbocycles. The molecule has 2 aromatic rings. The SMILES string of the molecule is CC(=O)O[C@@H]1[C@@H](O)[C@H]([Se]c2ccccc2)O[C@@H]2CO[C@@H](c3ccccc3)O[C@@H]12. The molecule has 2 heterocycles. The van der Waals surface area contributed by atoms with Gasteiger partial charge in [0.25, 0.3) is 0 Å². The third-order valence-electron chi connectivity index (χ3n) is 4.68. The van der Waals surface area contributed by atoms with Gasteiger partial charge in [-0.3, -0.25) is 0 Å². The second-order valence-corrected chi connectivity index (χ2v) is 9.17. The zero-order chi connectivity index (χ0) is 19.5. The van der Waals surface area contributed by atoms with Crippen molar-refractivity contribution in [3.05, 3.63) is 66.2 Å². The second-order valence-electron chi connectivity index (χ2n) is 6.72. The van der Waals surface area contributed by atoms with E-state index in [0.29, 0.717) is 6.61 Å². The Morgan fingerprint density at radius 1 is 1.07 bits per heavy atom. The van der Waals surface area contributed by atoms with Crippen LogP contribution in [0.1, 0.15) is 18.8 Å². The fourth-order valence-electron chi connectivity index (χ4n) is 3.40. The third-order valence-corrected chi connectivity index (χ3v) is 7.12. The number of ether oxygens (including phenoxy) is 4. The molecule has 1 N–H and O–H groups in total. The van der Waals surface area contributed by atoms with Gasteiger partial charge in [-0.25, -0.2) is 0 Å². The van der Waals surface area contributed by atoms with Crippen LogP contribution in [0.5, 0.6) is 0 Å². The van der Waals surface area contributed by atoms with E-state index in [2.05, 4.69) is 0 Å². The van der Waals surface area contributed by atoms with E-state index in [4.69, 9.17) is 18.9 Å². The van der Waals surface area contributed by atoms with Crippen molar-refractivity contribution in [3.63, 3.8) is 0 Å².